The Bertz CT molecular complexity index is 784. The van der Waals surface area contributed by atoms with Crippen LogP contribution in [0.15, 0.2) is 22.9 Å². The maximum Gasteiger partial charge on any atom is 0.419 e. The van der Waals surface area contributed by atoms with Crippen molar-refractivity contribution in [1.82, 2.24) is 10.1 Å². The molecule has 0 aromatic carbocycles. The summed E-state index contributed by atoms with van der Waals surface area (Å²) < 4.78 is 44.7. The number of halogens is 3. The third kappa shape index (κ3) is 3.66. The summed E-state index contributed by atoms with van der Waals surface area (Å²) in [7, 11) is 0. The number of alkyl halides is 3. The molecule has 1 amide bonds. The highest BCUT2D eigenvalue weighted by Crippen LogP contribution is 2.36. The minimum atomic E-state index is -4.49. The summed E-state index contributed by atoms with van der Waals surface area (Å²) in [6.45, 7) is 4.00. The van der Waals surface area contributed by atoms with Crippen molar-refractivity contribution >= 4 is 17.4 Å². The van der Waals surface area contributed by atoms with Gasteiger partial charge in [-0.2, -0.15) is 13.2 Å². The van der Waals surface area contributed by atoms with Crippen LogP contribution >= 0.6 is 0 Å². The number of pyridine rings is 1. The Morgan fingerprint density at radius 3 is 2.81 bits per heavy atom. The van der Waals surface area contributed by atoms with Crippen LogP contribution in [0, 0.1) is 19.8 Å². The minimum absolute atomic E-state index is 0.130. The van der Waals surface area contributed by atoms with E-state index >= 15 is 0 Å². The second kappa shape index (κ2) is 6.97. The molecule has 1 aliphatic heterocycles. The summed E-state index contributed by atoms with van der Waals surface area (Å²) in [6, 6.07) is 2.27. The molecule has 9 heteroatoms. The highest BCUT2D eigenvalue weighted by atomic mass is 19.4. The average molecular weight is 368 g/mol. The summed E-state index contributed by atoms with van der Waals surface area (Å²) >= 11 is 0. The van der Waals surface area contributed by atoms with Crippen LogP contribution in [0.3, 0.4) is 0 Å². The second-order valence-electron chi connectivity index (χ2n) is 6.35. The molecule has 0 aliphatic carbocycles. The third-order valence-electron chi connectivity index (χ3n) is 4.47. The van der Waals surface area contributed by atoms with E-state index in [4.69, 9.17) is 4.52 Å². The van der Waals surface area contributed by atoms with E-state index in [0.29, 0.717) is 36.5 Å². The van der Waals surface area contributed by atoms with Crippen LogP contribution in [0.2, 0.25) is 0 Å². The van der Waals surface area contributed by atoms with E-state index in [1.807, 2.05) is 0 Å². The van der Waals surface area contributed by atoms with Gasteiger partial charge in [0, 0.05) is 19.3 Å². The first-order chi connectivity index (χ1) is 12.3. The Hall–Kier alpha value is -2.58. The molecule has 0 bridgehead atoms. The largest absolute Gasteiger partial charge is 0.419 e. The summed E-state index contributed by atoms with van der Waals surface area (Å²) in [5.41, 5.74) is 0.292. The van der Waals surface area contributed by atoms with Gasteiger partial charge in [-0.3, -0.25) is 4.79 Å². The molecular weight excluding hydrogens is 349 g/mol. The molecule has 3 heterocycles. The number of aromatic nitrogens is 2. The number of rotatable bonds is 3. The van der Waals surface area contributed by atoms with Gasteiger partial charge in [-0.1, -0.05) is 5.16 Å². The fraction of sp³-hybridized carbons (Fsp3) is 0.471. The van der Waals surface area contributed by atoms with Crippen LogP contribution in [0.5, 0.6) is 0 Å². The Balaban J connectivity index is 1.77. The molecule has 0 saturated carbocycles. The monoisotopic (exact) mass is 368 g/mol. The first-order valence-corrected chi connectivity index (χ1v) is 8.28. The first kappa shape index (κ1) is 18.2. The van der Waals surface area contributed by atoms with E-state index in [9.17, 15) is 18.0 Å². The van der Waals surface area contributed by atoms with E-state index in [2.05, 4.69) is 15.5 Å². The van der Waals surface area contributed by atoms with Crippen molar-refractivity contribution in [3.05, 3.63) is 35.3 Å². The molecule has 1 unspecified atom stereocenters. The molecule has 1 N–H and O–H groups in total. The molecule has 26 heavy (non-hydrogen) atoms. The van der Waals surface area contributed by atoms with Crippen molar-refractivity contribution < 1.29 is 22.5 Å². The topological polar surface area (TPSA) is 71.3 Å². The number of nitrogens with zero attached hydrogens (tertiary/aromatic N) is 3. The van der Waals surface area contributed by atoms with Crippen molar-refractivity contribution in [1.29, 1.82) is 0 Å². The standard InChI is InChI=1S/C17H19F3N4O2/c1-10-14(11(2)26-23-10)22-16(25)12-5-4-8-24(9-12)15-13(17(18,19)20)6-3-7-21-15/h3,6-7,12H,4-5,8-9H2,1-2H3,(H,22,25). The van der Waals surface area contributed by atoms with Gasteiger partial charge in [0.1, 0.15) is 17.2 Å². The summed E-state index contributed by atoms with van der Waals surface area (Å²) in [6.07, 6.45) is -1.96. The lowest BCUT2D eigenvalue weighted by atomic mass is 9.96. The van der Waals surface area contributed by atoms with Gasteiger partial charge >= 0.3 is 6.18 Å². The molecule has 2 aromatic rings. The number of piperidine rings is 1. The molecular formula is C17H19F3N4O2. The van der Waals surface area contributed by atoms with Gasteiger partial charge in [-0.05, 0) is 38.8 Å². The molecule has 0 spiro atoms. The Morgan fingerprint density at radius 2 is 2.15 bits per heavy atom. The van der Waals surface area contributed by atoms with Gasteiger partial charge in [0.05, 0.1) is 11.5 Å². The Kier molecular flexibility index (Phi) is 4.88. The molecule has 1 saturated heterocycles. The predicted molar refractivity (Wildman–Crippen MR) is 88.8 cm³/mol. The number of hydrogen-bond acceptors (Lipinski definition) is 5. The fourth-order valence-corrected chi connectivity index (χ4v) is 3.14. The zero-order valence-electron chi connectivity index (χ0n) is 14.4. The van der Waals surface area contributed by atoms with Crippen molar-refractivity contribution in [2.75, 3.05) is 23.3 Å². The van der Waals surface area contributed by atoms with Crippen molar-refractivity contribution in [3.8, 4) is 0 Å². The lowest BCUT2D eigenvalue weighted by Crippen LogP contribution is -2.42. The van der Waals surface area contributed by atoms with E-state index in [0.717, 1.165) is 6.07 Å². The normalized spacial score (nSPS) is 18.0. The van der Waals surface area contributed by atoms with Crippen molar-refractivity contribution in [2.24, 2.45) is 5.92 Å². The van der Waals surface area contributed by atoms with E-state index in [1.54, 1.807) is 13.8 Å². The number of aryl methyl sites for hydroxylation is 2. The molecule has 3 rings (SSSR count). The van der Waals surface area contributed by atoms with Crippen LogP contribution < -0.4 is 10.2 Å². The van der Waals surface area contributed by atoms with Gasteiger partial charge in [-0.25, -0.2) is 4.98 Å². The van der Waals surface area contributed by atoms with Crippen molar-refractivity contribution in [3.63, 3.8) is 0 Å². The smallest absolute Gasteiger partial charge is 0.359 e. The van der Waals surface area contributed by atoms with Crippen LogP contribution in [-0.4, -0.2) is 29.1 Å². The average Bonchev–Trinajstić information content (AvgIpc) is 2.93. The summed E-state index contributed by atoms with van der Waals surface area (Å²) in [5.74, 6) is -0.337. The molecule has 1 aliphatic rings. The SMILES string of the molecule is Cc1noc(C)c1NC(=O)C1CCCN(c2ncccc2C(F)(F)F)C1. The number of carbonyl (C=O) groups excluding carboxylic acids is 1. The van der Waals surface area contributed by atoms with Gasteiger partial charge < -0.3 is 14.7 Å². The second-order valence-corrected chi connectivity index (χ2v) is 6.35. The summed E-state index contributed by atoms with van der Waals surface area (Å²) in [5, 5.41) is 6.56. The maximum atomic E-state index is 13.2. The molecule has 140 valence electrons. The number of carbonyl (C=O) groups is 1. The van der Waals surface area contributed by atoms with Crippen molar-refractivity contribution in [2.45, 2.75) is 32.9 Å². The van der Waals surface area contributed by atoms with Crippen LogP contribution in [0.4, 0.5) is 24.7 Å². The quantitative estimate of drug-likeness (QED) is 0.897. The highest BCUT2D eigenvalue weighted by Gasteiger charge is 2.37. The molecule has 6 nitrogen and oxygen atoms in total. The lowest BCUT2D eigenvalue weighted by Gasteiger charge is -2.34. The predicted octanol–water partition coefficient (Wildman–Crippen LogP) is 3.56. The molecule has 0 radical (unpaired) electrons. The van der Waals surface area contributed by atoms with Gasteiger partial charge in [-0.15, -0.1) is 0 Å². The molecule has 1 fully saturated rings. The zero-order chi connectivity index (χ0) is 18.9. The van der Waals surface area contributed by atoms with Crippen LogP contribution in [0.25, 0.3) is 0 Å². The van der Waals surface area contributed by atoms with E-state index in [1.165, 1.54) is 17.2 Å². The number of anilines is 2. The fourth-order valence-electron chi connectivity index (χ4n) is 3.14. The summed E-state index contributed by atoms with van der Waals surface area (Å²) in [4.78, 5) is 18.0. The van der Waals surface area contributed by atoms with Crippen LogP contribution in [-0.2, 0) is 11.0 Å². The van der Waals surface area contributed by atoms with Gasteiger partial charge in [0.15, 0.2) is 5.76 Å². The minimum Gasteiger partial charge on any atom is -0.359 e. The lowest BCUT2D eigenvalue weighted by molar-refractivity contribution is -0.137. The Labute approximate surface area is 148 Å². The van der Waals surface area contributed by atoms with Gasteiger partial charge in [0.2, 0.25) is 5.91 Å². The highest BCUT2D eigenvalue weighted by molar-refractivity contribution is 5.94. The van der Waals surface area contributed by atoms with E-state index in [-0.39, 0.29) is 18.3 Å². The molecule has 1 atom stereocenters. The van der Waals surface area contributed by atoms with E-state index < -0.39 is 17.7 Å². The Morgan fingerprint density at radius 1 is 1.38 bits per heavy atom. The number of amides is 1. The maximum absolute atomic E-state index is 13.2. The first-order valence-electron chi connectivity index (χ1n) is 8.28. The molecule has 2 aromatic heterocycles. The number of hydrogen-bond donors (Lipinski definition) is 1. The van der Waals surface area contributed by atoms with Crippen LogP contribution in [0.1, 0.15) is 29.9 Å². The number of nitrogens with one attached hydrogen (secondary N) is 1. The zero-order valence-corrected chi connectivity index (χ0v) is 14.4. The third-order valence-corrected chi connectivity index (χ3v) is 4.47. The van der Waals surface area contributed by atoms with Gasteiger partial charge in [0.25, 0.3) is 0 Å².